The third-order valence-corrected chi connectivity index (χ3v) is 4.84. The molecule has 0 saturated carbocycles. The summed E-state index contributed by atoms with van der Waals surface area (Å²) in [5, 5.41) is 26.1. The Bertz CT molecular complexity index is 506. The van der Waals surface area contributed by atoms with E-state index in [0.29, 0.717) is 12.8 Å². The number of methoxy groups -OCH3 is 1. The molecular weight excluding hydrogens is 356 g/mol. The van der Waals surface area contributed by atoms with E-state index in [9.17, 15) is 19.9 Å². The molecule has 0 spiro atoms. The summed E-state index contributed by atoms with van der Waals surface area (Å²) in [6.45, 7) is 8.30. The highest BCUT2D eigenvalue weighted by Crippen LogP contribution is 2.37. The van der Waals surface area contributed by atoms with E-state index >= 15 is 0 Å². The summed E-state index contributed by atoms with van der Waals surface area (Å²) in [4.78, 5) is 24.3. The lowest BCUT2D eigenvalue weighted by molar-refractivity contribution is -0.290. The molecule has 1 atom stereocenters. The van der Waals surface area contributed by atoms with Gasteiger partial charge in [0.15, 0.2) is 0 Å². The van der Waals surface area contributed by atoms with Crippen LogP contribution in [0.15, 0.2) is 0 Å². The van der Waals surface area contributed by atoms with Gasteiger partial charge in [-0.2, -0.15) is 0 Å². The molecule has 157 valence electrons. The van der Waals surface area contributed by atoms with E-state index in [-0.39, 0.29) is 25.9 Å². The number of rotatable bonds is 8. The van der Waals surface area contributed by atoms with E-state index in [4.69, 9.17) is 14.2 Å². The van der Waals surface area contributed by atoms with E-state index in [1.807, 2.05) is 27.7 Å². The van der Waals surface area contributed by atoms with Gasteiger partial charge in [-0.1, -0.05) is 0 Å². The molecule has 0 aromatic carbocycles. The molecule has 1 rings (SSSR count). The van der Waals surface area contributed by atoms with Gasteiger partial charge >= 0.3 is 6.16 Å². The number of carbonyl (C=O) groups is 2. The van der Waals surface area contributed by atoms with Crippen molar-refractivity contribution < 1.29 is 34.1 Å². The van der Waals surface area contributed by atoms with Crippen LogP contribution < -0.4 is 5.32 Å². The number of aliphatic hydroxyl groups excluding tert-OH is 1. The Kier molecular flexibility index (Phi) is 8.03. The average Bonchev–Trinajstić information content (AvgIpc) is 2.57. The molecule has 1 aliphatic heterocycles. The molecular formula is C18H33N2O7. The van der Waals surface area contributed by atoms with Crippen molar-refractivity contribution in [3.8, 4) is 0 Å². The molecule has 1 radical (unpaired) electrons. The number of hydroxylamine groups is 2. The molecule has 1 aliphatic rings. The number of amides is 1. The average molecular weight is 389 g/mol. The molecule has 9 heteroatoms. The van der Waals surface area contributed by atoms with Gasteiger partial charge in [0.2, 0.25) is 5.91 Å². The maximum Gasteiger partial charge on any atom is 0.508 e. The zero-order valence-corrected chi connectivity index (χ0v) is 17.2. The van der Waals surface area contributed by atoms with Crippen LogP contribution in [0.4, 0.5) is 4.79 Å². The van der Waals surface area contributed by atoms with Gasteiger partial charge in [0, 0.05) is 24.2 Å². The Morgan fingerprint density at radius 1 is 1.15 bits per heavy atom. The monoisotopic (exact) mass is 389 g/mol. The van der Waals surface area contributed by atoms with Gasteiger partial charge in [-0.05, 0) is 47.5 Å². The molecule has 2 N–H and O–H groups in total. The van der Waals surface area contributed by atoms with Crippen LogP contribution in [0.1, 0.15) is 47.5 Å². The van der Waals surface area contributed by atoms with Crippen molar-refractivity contribution in [3.63, 3.8) is 0 Å². The highest BCUT2D eigenvalue weighted by molar-refractivity contribution is 5.83. The minimum atomic E-state index is -1.32. The van der Waals surface area contributed by atoms with E-state index in [1.165, 1.54) is 14.0 Å². The number of hydrogen-bond donors (Lipinski definition) is 2. The van der Waals surface area contributed by atoms with Crippen molar-refractivity contribution in [2.75, 3.05) is 33.5 Å². The summed E-state index contributed by atoms with van der Waals surface area (Å²) in [5.74, 6) is -0.439. The first kappa shape index (κ1) is 23.6. The first-order valence-electron chi connectivity index (χ1n) is 9.06. The molecule has 1 saturated heterocycles. The van der Waals surface area contributed by atoms with Crippen LogP contribution in [0, 0.1) is 5.41 Å². The Labute approximate surface area is 160 Å². The topological polar surface area (TPSA) is 117 Å². The Balaban J connectivity index is 2.67. The predicted octanol–water partition coefficient (Wildman–Crippen LogP) is 1.27. The third-order valence-electron chi connectivity index (χ3n) is 4.84. The number of nitrogens with zero attached hydrogens (tertiary/aromatic N) is 1. The van der Waals surface area contributed by atoms with Crippen molar-refractivity contribution in [1.29, 1.82) is 0 Å². The maximum absolute atomic E-state index is 12.7. The molecule has 0 aromatic heterocycles. The molecule has 0 aromatic rings. The fraction of sp³-hybridized carbons (Fsp3) is 0.889. The molecule has 0 bridgehead atoms. The lowest BCUT2D eigenvalue weighted by Crippen LogP contribution is -2.63. The van der Waals surface area contributed by atoms with Gasteiger partial charge in [0.1, 0.15) is 18.6 Å². The van der Waals surface area contributed by atoms with E-state index < -0.39 is 35.2 Å². The van der Waals surface area contributed by atoms with Crippen molar-refractivity contribution >= 4 is 12.1 Å². The highest BCUT2D eigenvalue weighted by atomic mass is 16.7. The van der Waals surface area contributed by atoms with E-state index in [0.717, 1.165) is 5.06 Å². The largest absolute Gasteiger partial charge is 0.508 e. The Morgan fingerprint density at radius 2 is 1.70 bits per heavy atom. The van der Waals surface area contributed by atoms with Crippen molar-refractivity contribution in [2.24, 2.45) is 5.41 Å². The highest BCUT2D eigenvalue weighted by Gasteiger charge is 2.47. The lowest BCUT2D eigenvalue weighted by atomic mass is 9.78. The van der Waals surface area contributed by atoms with Crippen LogP contribution in [0.2, 0.25) is 0 Å². The second kappa shape index (κ2) is 9.18. The first-order chi connectivity index (χ1) is 12.4. The molecule has 9 nitrogen and oxygen atoms in total. The van der Waals surface area contributed by atoms with Gasteiger partial charge < -0.3 is 24.6 Å². The van der Waals surface area contributed by atoms with Crippen LogP contribution in [0.25, 0.3) is 0 Å². The van der Waals surface area contributed by atoms with E-state index in [1.54, 1.807) is 0 Å². The summed E-state index contributed by atoms with van der Waals surface area (Å²) in [7, 11) is 1.47. The minimum absolute atomic E-state index is 0.0370. The number of carbonyl (C=O) groups excluding carboxylic acids is 2. The van der Waals surface area contributed by atoms with Crippen LogP contribution in [0.3, 0.4) is 0 Å². The number of nitrogens with one attached hydrogen (secondary N) is 1. The number of aliphatic hydroxyl groups is 1. The van der Waals surface area contributed by atoms with Crippen LogP contribution in [-0.2, 0) is 24.2 Å². The quantitative estimate of drug-likeness (QED) is 0.474. The molecule has 1 amide bonds. The fourth-order valence-electron chi connectivity index (χ4n) is 3.38. The van der Waals surface area contributed by atoms with E-state index in [2.05, 4.69) is 5.32 Å². The second-order valence-corrected chi connectivity index (χ2v) is 8.60. The first-order valence-corrected chi connectivity index (χ1v) is 9.06. The smallest absolute Gasteiger partial charge is 0.433 e. The van der Waals surface area contributed by atoms with Crippen LogP contribution in [-0.4, -0.2) is 72.9 Å². The molecule has 1 unspecified atom stereocenters. The van der Waals surface area contributed by atoms with Gasteiger partial charge in [0.25, 0.3) is 0 Å². The zero-order valence-electron chi connectivity index (χ0n) is 17.2. The summed E-state index contributed by atoms with van der Waals surface area (Å²) in [6.07, 6.45) is 0.0293. The SMILES string of the molecule is COCCOC(=O)OCC(C)(CO)C(=O)NC1CC(C)(C)N([O])C(C)(C)C1. The third kappa shape index (κ3) is 6.31. The number of ether oxygens (including phenoxy) is 3. The number of hydrogen-bond acceptors (Lipinski definition) is 7. The summed E-state index contributed by atoms with van der Waals surface area (Å²) >= 11 is 0. The summed E-state index contributed by atoms with van der Waals surface area (Å²) in [6, 6.07) is -0.229. The van der Waals surface area contributed by atoms with Gasteiger partial charge in [-0.3, -0.25) is 4.79 Å². The van der Waals surface area contributed by atoms with Gasteiger partial charge in [-0.15, -0.1) is 10.3 Å². The normalized spacial score (nSPS) is 21.9. The fourth-order valence-corrected chi connectivity index (χ4v) is 3.38. The van der Waals surface area contributed by atoms with Gasteiger partial charge in [-0.25, -0.2) is 4.79 Å². The van der Waals surface area contributed by atoms with Gasteiger partial charge in [0.05, 0.1) is 13.2 Å². The predicted molar refractivity (Wildman–Crippen MR) is 96.2 cm³/mol. The zero-order chi connectivity index (χ0) is 20.9. The maximum atomic E-state index is 12.7. The minimum Gasteiger partial charge on any atom is -0.433 e. The van der Waals surface area contributed by atoms with Crippen molar-refractivity contribution in [3.05, 3.63) is 0 Å². The van der Waals surface area contributed by atoms with Crippen molar-refractivity contribution in [2.45, 2.75) is 64.6 Å². The molecule has 0 aliphatic carbocycles. The summed E-state index contributed by atoms with van der Waals surface area (Å²) < 4.78 is 14.5. The van der Waals surface area contributed by atoms with Crippen molar-refractivity contribution in [1.82, 2.24) is 10.4 Å². The Morgan fingerprint density at radius 3 is 2.19 bits per heavy atom. The van der Waals surface area contributed by atoms with Crippen LogP contribution in [0.5, 0.6) is 0 Å². The van der Waals surface area contributed by atoms with Crippen LogP contribution >= 0.6 is 0 Å². The molecule has 1 heterocycles. The standard InChI is InChI=1S/C18H33N2O7/c1-16(2)9-13(10-17(3,4)20(16)24)19-14(22)18(5,11-21)12-27-15(23)26-8-7-25-6/h13,21H,7-12H2,1-6H3,(H,19,22). The molecule has 27 heavy (non-hydrogen) atoms. The number of piperidine rings is 1. The lowest BCUT2D eigenvalue weighted by Gasteiger charge is -2.50. The second-order valence-electron chi connectivity index (χ2n) is 8.60. The summed E-state index contributed by atoms with van der Waals surface area (Å²) in [5.41, 5.74) is -2.57. The Hall–Kier alpha value is -1.42. The molecule has 1 fully saturated rings.